The summed E-state index contributed by atoms with van der Waals surface area (Å²) in [5, 5.41) is 5.53. The zero-order valence-corrected chi connectivity index (χ0v) is 30.9. The Morgan fingerprint density at radius 2 is 1.14 bits per heavy atom. The fraction of sp³-hybridized carbons (Fsp3) is 0.368. The normalized spacial score (nSPS) is 20.0. The van der Waals surface area contributed by atoms with Crippen molar-refractivity contribution >= 4 is 39.1 Å². The second-order valence-electron chi connectivity index (χ2n) is 12.3. The van der Waals surface area contributed by atoms with Crippen LogP contribution in [0.15, 0.2) is 97.1 Å². The molecule has 6 nitrogen and oxygen atoms in total. The summed E-state index contributed by atoms with van der Waals surface area (Å²) in [6, 6.07) is 27.1. The number of hydrogen-bond donors (Lipinski definition) is 1. The predicted molar refractivity (Wildman–Crippen MR) is 197 cm³/mol. The molecule has 2 aliphatic rings. The third kappa shape index (κ3) is 14.0. The van der Waals surface area contributed by atoms with Crippen molar-refractivity contribution in [1.82, 2.24) is 10.2 Å². The van der Waals surface area contributed by atoms with E-state index >= 15 is 0 Å². The zero-order chi connectivity index (χ0) is 35.1. The molecule has 0 aromatic heterocycles. The van der Waals surface area contributed by atoms with Gasteiger partial charge in [0.1, 0.15) is 52.4 Å². The molecule has 0 bridgehead atoms. The summed E-state index contributed by atoms with van der Waals surface area (Å²) < 4.78 is 48.1. The van der Waals surface area contributed by atoms with Crippen molar-refractivity contribution in [3.63, 3.8) is 0 Å². The summed E-state index contributed by atoms with van der Waals surface area (Å²) in [5.74, 6) is 2.63. The van der Waals surface area contributed by atoms with Crippen molar-refractivity contribution in [2.24, 2.45) is 0 Å². The maximum absolute atomic E-state index is 12.9. The minimum atomic E-state index is -0.253. The second kappa shape index (κ2) is 19.3. The van der Waals surface area contributed by atoms with Gasteiger partial charge in [-0.2, -0.15) is 0 Å². The fourth-order valence-corrected chi connectivity index (χ4v) is 5.68. The van der Waals surface area contributed by atoms with Crippen LogP contribution < -0.4 is 24.3 Å². The van der Waals surface area contributed by atoms with E-state index in [0.29, 0.717) is 29.7 Å². The molecule has 2 atom stereocenters. The lowest BCUT2D eigenvalue weighted by atomic mass is 10.1. The first-order valence-corrected chi connectivity index (χ1v) is 18.1. The molecule has 4 aromatic rings. The summed E-state index contributed by atoms with van der Waals surface area (Å²) in [5.41, 5.74) is -0.266. The minimum absolute atomic E-state index is 0.0617. The van der Waals surface area contributed by atoms with Crippen molar-refractivity contribution < 1.29 is 27.7 Å². The van der Waals surface area contributed by atoms with Gasteiger partial charge in [-0.25, -0.2) is 8.78 Å². The molecule has 2 fully saturated rings. The highest BCUT2D eigenvalue weighted by atomic mass is 79.9. The third-order valence-electron chi connectivity index (χ3n) is 7.85. The van der Waals surface area contributed by atoms with E-state index in [4.69, 9.17) is 42.1 Å². The van der Waals surface area contributed by atoms with Crippen LogP contribution in [0.2, 0.25) is 10.0 Å². The average molecular weight is 781 g/mol. The molecule has 1 N–H and O–H groups in total. The largest absolute Gasteiger partial charge is 0.493 e. The van der Waals surface area contributed by atoms with E-state index in [9.17, 15) is 8.78 Å². The standard InChI is InChI=1S/C19H21ClFNO2.C11H14ClNO.C8H8BrFO/c1-19(24-18-6-2-15(20)3-7-18)10-11-22(14-19)12-13-23-17-8-4-16(21)5-9-17;1-11(6-7-13-8-11)14-10-4-2-9(12)3-5-10;9-5-6-11-8-3-1-7(10)2-4-8/h2-9H,10-14H2,1H3;2-5,13H,6-8H2,1H3;1-4H,5-6H2. The van der Waals surface area contributed by atoms with E-state index in [1.54, 1.807) is 24.3 Å². The molecule has 2 heterocycles. The van der Waals surface area contributed by atoms with Crippen LogP contribution in [-0.4, -0.2) is 67.4 Å². The molecule has 6 rings (SSSR count). The van der Waals surface area contributed by atoms with E-state index in [1.807, 2.05) is 48.5 Å². The van der Waals surface area contributed by atoms with Gasteiger partial charge in [-0.15, -0.1) is 0 Å². The van der Waals surface area contributed by atoms with E-state index in [-0.39, 0.29) is 22.8 Å². The number of ether oxygens (including phenoxy) is 4. The highest BCUT2D eigenvalue weighted by Gasteiger charge is 2.35. The SMILES string of the molecule is CC1(Oc2ccc(Cl)cc2)CCN(CCOc2ccc(F)cc2)C1.CC1(Oc2ccc(Cl)cc2)CCNC1.Fc1ccc(OCCBr)cc1. The fourth-order valence-electron chi connectivity index (χ4n) is 5.27. The lowest BCUT2D eigenvalue weighted by Crippen LogP contribution is -2.37. The molecule has 0 amide bonds. The molecule has 0 radical (unpaired) electrons. The maximum Gasteiger partial charge on any atom is 0.123 e. The number of benzene rings is 4. The summed E-state index contributed by atoms with van der Waals surface area (Å²) in [4.78, 5) is 2.32. The van der Waals surface area contributed by atoms with Crippen LogP contribution in [0, 0.1) is 11.6 Å². The third-order valence-corrected chi connectivity index (χ3v) is 8.68. The first-order valence-electron chi connectivity index (χ1n) is 16.2. The summed E-state index contributed by atoms with van der Waals surface area (Å²) >= 11 is 14.9. The summed E-state index contributed by atoms with van der Waals surface area (Å²) in [6.45, 7) is 10.0. The monoisotopic (exact) mass is 778 g/mol. The van der Waals surface area contributed by atoms with Crippen LogP contribution >= 0.6 is 39.1 Å². The molecule has 264 valence electrons. The van der Waals surface area contributed by atoms with E-state index in [2.05, 4.69) is 40.0 Å². The molecule has 11 heteroatoms. The molecule has 2 saturated heterocycles. The Morgan fingerprint density at radius 3 is 1.61 bits per heavy atom. The molecule has 49 heavy (non-hydrogen) atoms. The Kier molecular flexibility index (Phi) is 15.3. The van der Waals surface area contributed by atoms with Crippen molar-refractivity contribution in [2.45, 2.75) is 37.9 Å². The Labute approximate surface area is 306 Å². The molecular weight excluding hydrogens is 737 g/mol. The highest BCUT2D eigenvalue weighted by Crippen LogP contribution is 2.28. The highest BCUT2D eigenvalue weighted by molar-refractivity contribution is 9.09. The number of halogens is 5. The average Bonchev–Trinajstić information content (AvgIpc) is 3.69. The Hall–Kier alpha value is -3.08. The van der Waals surface area contributed by atoms with Crippen LogP contribution in [0.25, 0.3) is 0 Å². The van der Waals surface area contributed by atoms with Gasteiger partial charge in [-0.1, -0.05) is 39.1 Å². The molecule has 2 unspecified atom stereocenters. The van der Waals surface area contributed by atoms with Crippen molar-refractivity contribution in [2.75, 3.05) is 51.3 Å². The van der Waals surface area contributed by atoms with Gasteiger partial charge in [0.25, 0.3) is 0 Å². The number of hydrogen-bond acceptors (Lipinski definition) is 6. The van der Waals surface area contributed by atoms with Crippen LogP contribution in [0.4, 0.5) is 8.78 Å². The van der Waals surface area contributed by atoms with Crippen LogP contribution in [0.1, 0.15) is 26.7 Å². The number of alkyl halides is 1. The topological polar surface area (TPSA) is 52.2 Å². The Bertz CT molecular complexity index is 1530. The van der Waals surface area contributed by atoms with Gasteiger partial charge in [0.2, 0.25) is 0 Å². The van der Waals surface area contributed by atoms with Gasteiger partial charge in [-0.05, 0) is 117 Å². The quantitative estimate of drug-likeness (QED) is 0.153. The number of nitrogens with one attached hydrogen (secondary N) is 1. The van der Waals surface area contributed by atoms with Crippen LogP contribution in [-0.2, 0) is 0 Å². The molecule has 2 aliphatic heterocycles. The van der Waals surface area contributed by atoms with Gasteiger partial charge in [0.15, 0.2) is 0 Å². The lowest BCUT2D eigenvalue weighted by molar-refractivity contribution is 0.0935. The maximum atomic E-state index is 12.9. The lowest BCUT2D eigenvalue weighted by Gasteiger charge is -2.26. The summed E-state index contributed by atoms with van der Waals surface area (Å²) in [7, 11) is 0. The minimum Gasteiger partial charge on any atom is -0.493 e. The number of rotatable bonds is 11. The zero-order valence-electron chi connectivity index (χ0n) is 27.8. The summed E-state index contributed by atoms with van der Waals surface area (Å²) in [6.07, 6.45) is 2.02. The van der Waals surface area contributed by atoms with E-state index in [1.165, 1.54) is 24.3 Å². The molecule has 0 saturated carbocycles. The van der Waals surface area contributed by atoms with Crippen molar-refractivity contribution in [1.29, 1.82) is 0 Å². The number of nitrogens with zero attached hydrogens (tertiary/aromatic N) is 1. The van der Waals surface area contributed by atoms with E-state index < -0.39 is 0 Å². The van der Waals surface area contributed by atoms with Gasteiger partial charge in [0, 0.05) is 54.4 Å². The first-order chi connectivity index (χ1) is 23.5. The molecular formula is C38H43BrCl2F2N2O4. The molecule has 4 aromatic carbocycles. The van der Waals surface area contributed by atoms with Gasteiger partial charge in [-0.3, -0.25) is 4.90 Å². The van der Waals surface area contributed by atoms with Crippen molar-refractivity contribution in [3.8, 4) is 23.0 Å². The molecule has 0 aliphatic carbocycles. The molecule has 0 spiro atoms. The smallest absolute Gasteiger partial charge is 0.123 e. The van der Waals surface area contributed by atoms with Gasteiger partial charge in [0.05, 0.1) is 6.61 Å². The van der Waals surface area contributed by atoms with Crippen molar-refractivity contribution in [3.05, 3.63) is 119 Å². The van der Waals surface area contributed by atoms with Crippen LogP contribution in [0.3, 0.4) is 0 Å². The van der Waals surface area contributed by atoms with Gasteiger partial charge >= 0.3 is 0 Å². The van der Waals surface area contributed by atoms with Crippen LogP contribution in [0.5, 0.6) is 23.0 Å². The number of likely N-dealkylation sites (tertiary alicyclic amines) is 1. The second-order valence-corrected chi connectivity index (χ2v) is 13.9. The van der Waals surface area contributed by atoms with E-state index in [0.717, 1.165) is 67.4 Å². The Morgan fingerprint density at radius 1 is 0.673 bits per heavy atom. The predicted octanol–water partition coefficient (Wildman–Crippen LogP) is 9.47. The first kappa shape index (κ1) is 38.7. The van der Waals surface area contributed by atoms with Gasteiger partial charge < -0.3 is 24.3 Å². The Balaban J connectivity index is 0.000000183.